The lowest BCUT2D eigenvalue weighted by molar-refractivity contribution is -0.114. The molecule has 0 aromatic heterocycles. The van der Waals surface area contributed by atoms with Crippen LogP contribution in [0, 0.1) is 17.1 Å². The summed E-state index contributed by atoms with van der Waals surface area (Å²) in [4.78, 5) is 10.9. The third-order valence-corrected chi connectivity index (χ3v) is 2.70. The Balaban J connectivity index is 2.06. The molecule has 2 aromatic rings. The van der Waals surface area contributed by atoms with Crippen molar-refractivity contribution < 1.29 is 13.9 Å². The SMILES string of the molecule is CC(=O)Nc1ccc(OCc2cccc(C#N)c2)c(F)c1. The fraction of sp³-hybridized carbons (Fsp3) is 0.125. The Bertz CT molecular complexity index is 708. The molecule has 0 aliphatic rings. The second kappa shape index (κ2) is 6.53. The summed E-state index contributed by atoms with van der Waals surface area (Å²) in [5.74, 6) is -0.736. The first kappa shape index (κ1) is 14.5. The summed E-state index contributed by atoms with van der Waals surface area (Å²) in [6.45, 7) is 1.51. The van der Waals surface area contributed by atoms with Crippen LogP contribution in [-0.2, 0) is 11.4 Å². The van der Waals surface area contributed by atoms with Gasteiger partial charge in [0, 0.05) is 18.7 Å². The molecule has 0 fully saturated rings. The van der Waals surface area contributed by atoms with E-state index < -0.39 is 5.82 Å². The number of nitrogens with zero attached hydrogens (tertiary/aromatic N) is 1. The van der Waals surface area contributed by atoms with E-state index in [2.05, 4.69) is 5.32 Å². The summed E-state index contributed by atoms with van der Waals surface area (Å²) in [5.41, 5.74) is 1.68. The van der Waals surface area contributed by atoms with E-state index in [1.807, 2.05) is 6.07 Å². The van der Waals surface area contributed by atoms with Crippen LogP contribution in [0.25, 0.3) is 0 Å². The molecule has 0 heterocycles. The second-order valence-electron chi connectivity index (χ2n) is 4.43. The smallest absolute Gasteiger partial charge is 0.221 e. The van der Waals surface area contributed by atoms with E-state index in [0.29, 0.717) is 11.3 Å². The van der Waals surface area contributed by atoms with Gasteiger partial charge in [0.1, 0.15) is 6.61 Å². The third kappa shape index (κ3) is 4.05. The van der Waals surface area contributed by atoms with Gasteiger partial charge in [0.05, 0.1) is 11.6 Å². The molecular weight excluding hydrogens is 271 g/mol. The van der Waals surface area contributed by atoms with Crippen molar-refractivity contribution in [3.8, 4) is 11.8 Å². The van der Waals surface area contributed by atoms with Gasteiger partial charge in [0.25, 0.3) is 0 Å². The van der Waals surface area contributed by atoms with Gasteiger partial charge in [0.15, 0.2) is 11.6 Å². The van der Waals surface area contributed by atoms with E-state index in [1.54, 1.807) is 30.3 Å². The summed E-state index contributed by atoms with van der Waals surface area (Å²) in [5, 5.41) is 11.3. The fourth-order valence-corrected chi connectivity index (χ4v) is 1.79. The summed E-state index contributed by atoms with van der Waals surface area (Å²) >= 11 is 0. The molecule has 2 rings (SSSR count). The average Bonchev–Trinajstić information content (AvgIpc) is 2.46. The number of benzene rings is 2. The zero-order valence-corrected chi connectivity index (χ0v) is 11.4. The number of hydrogen-bond donors (Lipinski definition) is 1. The normalized spacial score (nSPS) is 9.76. The van der Waals surface area contributed by atoms with Crippen LogP contribution in [0.1, 0.15) is 18.1 Å². The molecule has 0 radical (unpaired) electrons. The van der Waals surface area contributed by atoms with E-state index in [1.165, 1.54) is 19.1 Å². The molecule has 0 saturated carbocycles. The Morgan fingerprint density at radius 2 is 2.14 bits per heavy atom. The van der Waals surface area contributed by atoms with E-state index in [4.69, 9.17) is 10.00 Å². The van der Waals surface area contributed by atoms with Gasteiger partial charge in [-0.1, -0.05) is 12.1 Å². The Morgan fingerprint density at radius 3 is 2.81 bits per heavy atom. The van der Waals surface area contributed by atoms with Gasteiger partial charge in [-0.25, -0.2) is 4.39 Å². The van der Waals surface area contributed by atoms with E-state index in [9.17, 15) is 9.18 Å². The minimum atomic E-state index is -0.558. The van der Waals surface area contributed by atoms with Crippen molar-refractivity contribution in [1.29, 1.82) is 5.26 Å². The highest BCUT2D eigenvalue weighted by Gasteiger charge is 2.06. The van der Waals surface area contributed by atoms with Gasteiger partial charge in [-0.2, -0.15) is 5.26 Å². The fourth-order valence-electron chi connectivity index (χ4n) is 1.79. The van der Waals surface area contributed by atoms with Gasteiger partial charge in [0.2, 0.25) is 5.91 Å². The number of nitriles is 1. The van der Waals surface area contributed by atoms with Crippen LogP contribution in [0.2, 0.25) is 0 Å². The first-order chi connectivity index (χ1) is 10.1. The predicted molar refractivity (Wildman–Crippen MR) is 76.2 cm³/mol. The average molecular weight is 284 g/mol. The molecule has 106 valence electrons. The lowest BCUT2D eigenvalue weighted by Crippen LogP contribution is -2.06. The van der Waals surface area contributed by atoms with Crippen LogP contribution in [0.3, 0.4) is 0 Å². The van der Waals surface area contributed by atoms with Crippen LogP contribution in [0.5, 0.6) is 5.75 Å². The maximum Gasteiger partial charge on any atom is 0.221 e. The first-order valence-electron chi connectivity index (χ1n) is 6.27. The van der Waals surface area contributed by atoms with Gasteiger partial charge in [-0.05, 0) is 29.8 Å². The highest BCUT2D eigenvalue weighted by molar-refractivity contribution is 5.88. The summed E-state index contributed by atoms with van der Waals surface area (Å²) in [6, 6.07) is 13.2. The van der Waals surface area contributed by atoms with Crippen LogP contribution in [-0.4, -0.2) is 5.91 Å². The third-order valence-electron chi connectivity index (χ3n) is 2.70. The lowest BCUT2D eigenvalue weighted by Gasteiger charge is -2.09. The topological polar surface area (TPSA) is 62.1 Å². The summed E-state index contributed by atoms with van der Waals surface area (Å²) in [7, 11) is 0. The minimum absolute atomic E-state index is 0.0893. The van der Waals surface area contributed by atoms with Crippen molar-refractivity contribution in [1.82, 2.24) is 0 Å². The van der Waals surface area contributed by atoms with Crippen molar-refractivity contribution in [2.75, 3.05) is 5.32 Å². The maximum atomic E-state index is 13.8. The largest absolute Gasteiger partial charge is 0.486 e. The Hall–Kier alpha value is -2.87. The molecule has 5 heteroatoms. The van der Waals surface area contributed by atoms with Crippen molar-refractivity contribution >= 4 is 11.6 Å². The molecule has 21 heavy (non-hydrogen) atoms. The molecule has 0 atom stereocenters. The number of carbonyl (C=O) groups excluding carboxylic acids is 1. The van der Waals surface area contributed by atoms with Crippen LogP contribution < -0.4 is 10.1 Å². The molecular formula is C16H13FN2O2. The Kier molecular flexibility index (Phi) is 4.52. The quantitative estimate of drug-likeness (QED) is 0.937. The number of halogens is 1. The highest BCUT2D eigenvalue weighted by atomic mass is 19.1. The van der Waals surface area contributed by atoms with Crippen molar-refractivity contribution in [3.05, 3.63) is 59.4 Å². The van der Waals surface area contributed by atoms with Crippen molar-refractivity contribution in [2.24, 2.45) is 0 Å². The second-order valence-corrected chi connectivity index (χ2v) is 4.43. The van der Waals surface area contributed by atoms with E-state index in [0.717, 1.165) is 5.56 Å². The van der Waals surface area contributed by atoms with Crippen LogP contribution >= 0.6 is 0 Å². The summed E-state index contributed by atoms with van der Waals surface area (Å²) < 4.78 is 19.2. The van der Waals surface area contributed by atoms with Crippen LogP contribution in [0.4, 0.5) is 10.1 Å². The molecule has 0 bridgehead atoms. The number of amides is 1. The molecule has 0 unspecified atom stereocenters. The maximum absolute atomic E-state index is 13.8. The molecule has 0 spiro atoms. The number of ether oxygens (including phenoxy) is 1. The zero-order valence-electron chi connectivity index (χ0n) is 11.4. The highest BCUT2D eigenvalue weighted by Crippen LogP contribution is 2.22. The van der Waals surface area contributed by atoms with Gasteiger partial charge in [-0.15, -0.1) is 0 Å². The summed E-state index contributed by atoms with van der Waals surface area (Å²) in [6.07, 6.45) is 0. The standard InChI is InChI=1S/C16H13FN2O2/c1-11(20)19-14-5-6-16(15(17)8-14)21-10-13-4-2-3-12(7-13)9-18/h2-8H,10H2,1H3,(H,19,20). The molecule has 1 N–H and O–H groups in total. The molecule has 0 saturated heterocycles. The van der Waals surface area contributed by atoms with Gasteiger partial charge >= 0.3 is 0 Å². The molecule has 1 amide bonds. The monoisotopic (exact) mass is 284 g/mol. The molecule has 0 aliphatic carbocycles. The Labute approximate surface area is 121 Å². The first-order valence-corrected chi connectivity index (χ1v) is 6.27. The Morgan fingerprint density at radius 1 is 1.33 bits per heavy atom. The van der Waals surface area contributed by atoms with Crippen LogP contribution in [0.15, 0.2) is 42.5 Å². The molecule has 4 nitrogen and oxygen atoms in total. The number of anilines is 1. The van der Waals surface area contributed by atoms with Crippen molar-refractivity contribution in [2.45, 2.75) is 13.5 Å². The van der Waals surface area contributed by atoms with Gasteiger partial charge in [-0.3, -0.25) is 4.79 Å². The zero-order chi connectivity index (χ0) is 15.2. The minimum Gasteiger partial charge on any atom is -0.486 e. The number of rotatable bonds is 4. The molecule has 2 aromatic carbocycles. The molecule has 0 aliphatic heterocycles. The predicted octanol–water partition coefficient (Wildman–Crippen LogP) is 3.23. The van der Waals surface area contributed by atoms with E-state index >= 15 is 0 Å². The van der Waals surface area contributed by atoms with E-state index in [-0.39, 0.29) is 18.3 Å². The van der Waals surface area contributed by atoms with Gasteiger partial charge < -0.3 is 10.1 Å². The number of carbonyl (C=O) groups is 1. The number of hydrogen-bond acceptors (Lipinski definition) is 3. The van der Waals surface area contributed by atoms with Crippen molar-refractivity contribution in [3.63, 3.8) is 0 Å². The number of nitrogens with one attached hydrogen (secondary N) is 1. The lowest BCUT2D eigenvalue weighted by atomic mass is 10.1.